The molecule has 0 bridgehead atoms. The van der Waals surface area contributed by atoms with Crippen LogP contribution in [0.4, 0.5) is 4.39 Å². The first-order valence-corrected chi connectivity index (χ1v) is 6.79. The molecular weight excluding hydrogens is 287 g/mol. The van der Waals surface area contributed by atoms with E-state index in [0.717, 1.165) is 6.54 Å². The summed E-state index contributed by atoms with van der Waals surface area (Å²) in [5.41, 5.74) is 12.6. The van der Waals surface area contributed by atoms with E-state index in [0.29, 0.717) is 30.1 Å². The molecule has 1 aliphatic heterocycles. The first-order chi connectivity index (χ1) is 10.4. The third kappa shape index (κ3) is 3.43. The quantitative estimate of drug-likeness (QED) is 0.786. The van der Waals surface area contributed by atoms with Gasteiger partial charge in [-0.2, -0.15) is 0 Å². The molecule has 0 spiro atoms. The number of likely N-dealkylation sites (N-methyl/N-ethyl adjacent to an activating group) is 1. The van der Waals surface area contributed by atoms with E-state index >= 15 is 0 Å². The molecule has 1 aromatic carbocycles. The average Bonchev–Trinajstić information content (AvgIpc) is 2.46. The van der Waals surface area contributed by atoms with Gasteiger partial charge in [0, 0.05) is 24.7 Å². The summed E-state index contributed by atoms with van der Waals surface area (Å²) < 4.78 is 18.6. The van der Waals surface area contributed by atoms with Gasteiger partial charge in [-0.25, -0.2) is 4.39 Å². The minimum absolute atomic E-state index is 0.0966. The normalized spacial score (nSPS) is 16.8. The van der Waals surface area contributed by atoms with E-state index < -0.39 is 11.7 Å². The van der Waals surface area contributed by atoms with E-state index in [1.807, 2.05) is 11.9 Å². The van der Waals surface area contributed by atoms with Crippen molar-refractivity contribution in [2.75, 3.05) is 33.8 Å². The van der Waals surface area contributed by atoms with Crippen molar-refractivity contribution >= 4 is 17.3 Å². The lowest BCUT2D eigenvalue weighted by Gasteiger charge is -2.23. The Labute approximate surface area is 128 Å². The fourth-order valence-corrected chi connectivity index (χ4v) is 2.31. The Balaban J connectivity index is 2.53. The molecule has 0 aromatic heterocycles. The molecule has 1 aliphatic rings. The number of carbonyl (C=O) groups is 1. The molecule has 1 aromatic rings. The van der Waals surface area contributed by atoms with Gasteiger partial charge in [-0.1, -0.05) is 0 Å². The van der Waals surface area contributed by atoms with Gasteiger partial charge in [-0.3, -0.25) is 14.7 Å². The minimum atomic E-state index is -0.685. The topological polar surface area (TPSA) is 93.9 Å². The zero-order valence-electron chi connectivity index (χ0n) is 12.6. The first kappa shape index (κ1) is 16.0. The number of nitrogens with zero attached hydrogens (tertiary/aromatic N) is 2. The number of nitrogens with two attached hydrogens (primary N) is 2. The van der Waals surface area contributed by atoms with Crippen molar-refractivity contribution in [2.45, 2.75) is 0 Å². The number of halogens is 1. The zero-order chi connectivity index (χ0) is 16.3. The summed E-state index contributed by atoms with van der Waals surface area (Å²) in [4.78, 5) is 18.1. The number of amides is 1. The summed E-state index contributed by atoms with van der Waals surface area (Å²) in [5.74, 6) is -0.886. The van der Waals surface area contributed by atoms with Gasteiger partial charge >= 0.3 is 0 Å². The Morgan fingerprint density at radius 1 is 1.36 bits per heavy atom. The fraction of sp³-hybridized carbons (Fsp3) is 0.333. The average molecular weight is 306 g/mol. The van der Waals surface area contributed by atoms with Crippen LogP contribution in [0.1, 0.15) is 5.56 Å². The van der Waals surface area contributed by atoms with Crippen LogP contribution in [-0.2, 0) is 4.79 Å². The van der Waals surface area contributed by atoms with Crippen LogP contribution in [0.2, 0.25) is 0 Å². The molecule has 2 rings (SSSR count). The molecule has 0 unspecified atom stereocenters. The number of primary amides is 1. The molecule has 0 atom stereocenters. The van der Waals surface area contributed by atoms with Crippen molar-refractivity contribution in [1.82, 2.24) is 4.90 Å². The molecule has 4 N–H and O–H groups in total. The van der Waals surface area contributed by atoms with Crippen LogP contribution in [-0.4, -0.2) is 50.3 Å². The highest BCUT2D eigenvalue weighted by Crippen LogP contribution is 2.22. The summed E-state index contributed by atoms with van der Waals surface area (Å²) in [6.45, 7) is 1.82. The van der Waals surface area contributed by atoms with Gasteiger partial charge < -0.3 is 16.2 Å². The van der Waals surface area contributed by atoms with Gasteiger partial charge in [0.1, 0.15) is 11.6 Å². The largest absolute Gasteiger partial charge is 0.497 e. The Bertz CT molecular complexity index is 655. The molecule has 7 heteroatoms. The van der Waals surface area contributed by atoms with Crippen molar-refractivity contribution in [1.29, 1.82) is 0 Å². The number of methoxy groups -OCH3 is 1. The van der Waals surface area contributed by atoms with Gasteiger partial charge in [-0.15, -0.1) is 0 Å². The number of ether oxygens (including phenoxy) is 1. The Kier molecular flexibility index (Phi) is 4.77. The number of hydrogen-bond acceptors (Lipinski definition) is 5. The van der Waals surface area contributed by atoms with Crippen LogP contribution >= 0.6 is 0 Å². The van der Waals surface area contributed by atoms with Gasteiger partial charge in [0.2, 0.25) is 0 Å². The van der Waals surface area contributed by atoms with Crippen molar-refractivity contribution in [3.05, 3.63) is 35.2 Å². The summed E-state index contributed by atoms with van der Waals surface area (Å²) >= 11 is 0. The van der Waals surface area contributed by atoms with Crippen molar-refractivity contribution in [2.24, 2.45) is 16.5 Å². The number of aliphatic imine (C=N–C) groups is 1. The smallest absolute Gasteiger partial charge is 0.252 e. The Morgan fingerprint density at radius 2 is 2.09 bits per heavy atom. The van der Waals surface area contributed by atoms with Crippen LogP contribution in [0.5, 0.6) is 5.75 Å². The lowest BCUT2D eigenvalue weighted by Crippen LogP contribution is -2.37. The van der Waals surface area contributed by atoms with E-state index in [1.54, 1.807) is 6.07 Å². The molecule has 0 aliphatic carbocycles. The van der Waals surface area contributed by atoms with Gasteiger partial charge in [0.15, 0.2) is 0 Å². The van der Waals surface area contributed by atoms with Gasteiger partial charge in [-0.05, 0) is 19.2 Å². The number of benzene rings is 1. The summed E-state index contributed by atoms with van der Waals surface area (Å²) in [5, 5.41) is 0. The highest BCUT2D eigenvalue weighted by molar-refractivity contribution is 6.26. The third-order valence-corrected chi connectivity index (χ3v) is 3.43. The molecule has 118 valence electrons. The van der Waals surface area contributed by atoms with Crippen LogP contribution < -0.4 is 16.2 Å². The maximum absolute atomic E-state index is 13.6. The van der Waals surface area contributed by atoms with Crippen LogP contribution in [0.25, 0.3) is 5.70 Å². The maximum Gasteiger partial charge on any atom is 0.252 e. The van der Waals surface area contributed by atoms with Gasteiger partial charge in [0.25, 0.3) is 5.91 Å². The number of rotatable bonds is 4. The summed E-state index contributed by atoms with van der Waals surface area (Å²) in [7, 11) is 3.34. The number of carbonyl (C=O) groups excluding carboxylic acids is 1. The number of hydrogen-bond donors (Lipinski definition) is 2. The van der Waals surface area contributed by atoms with E-state index in [1.165, 1.54) is 19.2 Å². The first-order valence-electron chi connectivity index (χ1n) is 6.79. The van der Waals surface area contributed by atoms with E-state index in [4.69, 9.17) is 16.2 Å². The second-order valence-corrected chi connectivity index (χ2v) is 5.10. The fourth-order valence-electron chi connectivity index (χ4n) is 2.31. The van der Waals surface area contributed by atoms with E-state index in [9.17, 15) is 9.18 Å². The second-order valence-electron chi connectivity index (χ2n) is 5.10. The minimum Gasteiger partial charge on any atom is -0.497 e. The maximum atomic E-state index is 13.6. The molecule has 0 fully saturated rings. The molecular formula is C15H19FN4O2. The van der Waals surface area contributed by atoms with Gasteiger partial charge in [0.05, 0.1) is 30.6 Å². The SMILES string of the molecule is COc1cc(F)cc(C(N)=C(C(N)=O)C2=NCCN(C)C2)c1. The van der Waals surface area contributed by atoms with Crippen molar-refractivity contribution in [3.63, 3.8) is 0 Å². The van der Waals surface area contributed by atoms with E-state index in [2.05, 4.69) is 4.99 Å². The predicted molar refractivity (Wildman–Crippen MR) is 83.1 cm³/mol. The molecule has 0 saturated carbocycles. The molecule has 6 nitrogen and oxygen atoms in total. The van der Waals surface area contributed by atoms with E-state index in [-0.39, 0.29) is 11.3 Å². The summed E-state index contributed by atoms with van der Waals surface area (Å²) in [6.07, 6.45) is 0. The standard InChI is InChI=1S/C15H19FN4O2/c1-20-4-3-19-12(8-20)13(15(18)21)14(17)9-5-10(16)7-11(6-9)22-2/h5-7H,3-4,8,17H2,1-2H3,(H2,18,21). The lowest BCUT2D eigenvalue weighted by molar-refractivity contribution is -0.114. The molecule has 0 saturated heterocycles. The zero-order valence-corrected chi connectivity index (χ0v) is 12.6. The molecule has 0 radical (unpaired) electrons. The lowest BCUT2D eigenvalue weighted by atomic mass is 10.0. The molecule has 22 heavy (non-hydrogen) atoms. The van der Waals surface area contributed by atoms with Crippen LogP contribution in [0, 0.1) is 5.82 Å². The van der Waals surface area contributed by atoms with Crippen LogP contribution in [0.3, 0.4) is 0 Å². The summed E-state index contributed by atoms with van der Waals surface area (Å²) in [6, 6.07) is 4.01. The Hall–Kier alpha value is -2.41. The van der Waals surface area contributed by atoms with Crippen molar-refractivity contribution < 1.29 is 13.9 Å². The highest BCUT2D eigenvalue weighted by atomic mass is 19.1. The Morgan fingerprint density at radius 3 is 2.68 bits per heavy atom. The molecule has 1 heterocycles. The third-order valence-electron chi connectivity index (χ3n) is 3.43. The highest BCUT2D eigenvalue weighted by Gasteiger charge is 2.22. The second kappa shape index (κ2) is 6.57. The predicted octanol–water partition coefficient (Wildman–Crippen LogP) is 0.376. The van der Waals surface area contributed by atoms with Crippen LogP contribution in [0.15, 0.2) is 28.8 Å². The van der Waals surface area contributed by atoms with Crippen molar-refractivity contribution in [3.8, 4) is 5.75 Å². The molecule has 1 amide bonds. The monoisotopic (exact) mass is 306 g/mol.